The topological polar surface area (TPSA) is 56.7 Å². The maximum atomic E-state index is 11.5. The number of pyridine rings is 1. The number of fused-ring (bicyclic) bond motifs is 1. The molecule has 0 bridgehead atoms. The van der Waals surface area contributed by atoms with Gasteiger partial charge in [-0.05, 0) is 84.5 Å². The van der Waals surface area contributed by atoms with Crippen molar-refractivity contribution in [3.05, 3.63) is 82.7 Å². The molecule has 3 aromatic rings. The second kappa shape index (κ2) is 8.52. The van der Waals surface area contributed by atoms with E-state index in [2.05, 4.69) is 79.2 Å². The molecule has 0 saturated carbocycles. The fraction of sp³-hybridized carbons (Fsp3) is 0.308. The van der Waals surface area contributed by atoms with Gasteiger partial charge in [-0.15, -0.1) is 0 Å². The molecule has 0 radical (unpaired) electrons. The number of benzene rings is 2. The van der Waals surface area contributed by atoms with Crippen LogP contribution in [0.3, 0.4) is 0 Å². The summed E-state index contributed by atoms with van der Waals surface area (Å²) in [7, 11) is 6.26. The number of carboxylic acid groups (broad SMARTS) is 1. The highest BCUT2D eigenvalue weighted by molar-refractivity contribution is 5.89. The van der Waals surface area contributed by atoms with Crippen LogP contribution in [0.25, 0.3) is 11.1 Å². The van der Waals surface area contributed by atoms with Gasteiger partial charge in [-0.2, -0.15) is 0 Å². The number of carbonyl (C=O) groups is 1. The van der Waals surface area contributed by atoms with Gasteiger partial charge in [0.25, 0.3) is 0 Å². The smallest absolute Gasteiger partial charge is 0.336 e. The van der Waals surface area contributed by atoms with Crippen LogP contribution < -0.4 is 4.90 Å². The number of nitrogens with zero attached hydrogens (tertiary/aromatic N) is 3. The van der Waals surface area contributed by atoms with Gasteiger partial charge in [0.2, 0.25) is 0 Å². The van der Waals surface area contributed by atoms with Crippen LogP contribution in [-0.4, -0.2) is 42.1 Å². The van der Waals surface area contributed by atoms with Crippen LogP contribution >= 0.6 is 0 Å². The minimum absolute atomic E-state index is 0.281. The minimum atomic E-state index is -0.891. The molecule has 2 aromatic carbocycles. The first-order valence-electron chi connectivity index (χ1n) is 10.6. The molecule has 0 amide bonds. The van der Waals surface area contributed by atoms with E-state index in [0.717, 1.165) is 18.5 Å². The molecule has 2 heterocycles. The molecule has 0 spiro atoms. The highest BCUT2D eigenvalue weighted by atomic mass is 16.4. The molecule has 5 heteroatoms. The van der Waals surface area contributed by atoms with Crippen molar-refractivity contribution in [3.63, 3.8) is 0 Å². The van der Waals surface area contributed by atoms with Crippen molar-refractivity contribution in [1.29, 1.82) is 0 Å². The minimum Gasteiger partial charge on any atom is -0.478 e. The van der Waals surface area contributed by atoms with Crippen LogP contribution in [0.4, 0.5) is 5.69 Å². The van der Waals surface area contributed by atoms with Gasteiger partial charge in [-0.1, -0.05) is 18.2 Å². The third-order valence-corrected chi connectivity index (χ3v) is 6.31. The van der Waals surface area contributed by atoms with Gasteiger partial charge in [0.1, 0.15) is 0 Å². The highest BCUT2D eigenvalue weighted by Gasteiger charge is 2.28. The average molecular weight is 416 g/mol. The van der Waals surface area contributed by atoms with E-state index in [0.29, 0.717) is 12.0 Å². The van der Waals surface area contributed by atoms with E-state index in [-0.39, 0.29) is 6.04 Å². The molecule has 0 saturated heterocycles. The van der Waals surface area contributed by atoms with Gasteiger partial charge in [0.15, 0.2) is 0 Å². The lowest BCUT2D eigenvalue weighted by atomic mass is 9.93. The molecule has 160 valence electrons. The number of aromatic nitrogens is 1. The Hall–Kier alpha value is -3.18. The first-order valence-corrected chi connectivity index (χ1v) is 10.6. The predicted molar refractivity (Wildman–Crippen MR) is 125 cm³/mol. The van der Waals surface area contributed by atoms with Crippen molar-refractivity contribution < 1.29 is 9.90 Å². The molecule has 4 rings (SSSR count). The summed E-state index contributed by atoms with van der Waals surface area (Å²) in [4.78, 5) is 20.1. The molecule has 1 atom stereocenters. The number of rotatable bonds is 6. The van der Waals surface area contributed by atoms with Crippen molar-refractivity contribution in [1.82, 2.24) is 9.88 Å². The van der Waals surface area contributed by atoms with E-state index in [1.807, 2.05) is 0 Å². The van der Waals surface area contributed by atoms with Gasteiger partial charge in [-0.3, -0.25) is 9.88 Å². The van der Waals surface area contributed by atoms with Crippen LogP contribution in [-0.2, 0) is 13.0 Å². The Morgan fingerprint density at radius 1 is 1.19 bits per heavy atom. The fourth-order valence-corrected chi connectivity index (χ4v) is 4.60. The Kier molecular flexibility index (Phi) is 5.79. The maximum Gasteiger partial charge on any atom is 0.336 e. The molecule has 1 aliphatic heterocycles. The Bertz CT molecular complexity index is 1120. The quantitative estimate of drug-likeness (QED) is 0.618. The summed E-state index contributed by atoms with van der Waals surface area (Å²) in [6.07, 6.45) is 4.78. The summed E-state index contributed by atoms with van der Waals surface area (Å²) in [6, 6.07) is 15.2. The van der Waals surface area contributed by atoms with Crippen molar-refractivity contribution in [3.8, 4) is 11.1 Å². The van der Waals surface area contributed by atoms with Gasteiger partial charge in [0, 0.05) is 44.8 Å². The molecular formula is C26H29N3O2. The summed E-state index contributed by atoms with van der Waals surface area (Å²) in [5.74, 6) is -0.891. The maximum absolute atomic E-state index is 11.5. The number of aromatic carboxylic acids is 1. The molecule has 1 aliphatic rings. The van der Waals surface area contributed by atoms with Crippen molar-refractivity contribution in [2.75, 3.05) is 26.0 Å². The Morgan fingerprint density at radius 3 is 2.71 bits per heavy atom. The summed E-state index contributed by atoms with van der Waals surface area (Å²) in [6.45, 7) is 3.07. The third kappa shape index (κ3) is 4.19. The van der Waals surface area contributed by atoms with Gasteiger partial charge in [0.05, 0.1) is 5.56 Å². The normalized spacial score (nSPS) is 15.7. The second-order valence-electron chi connectivity index (χ2n) is 8.61. The Balaban J connectivity index is 1.57. The standard InChI is InChI=1S/C26H29N3O2/c1-17-13-21(28(2)3)7-9-22(17)18-5-8-23-20(14-18)16-29(4)25(23)10-6-19-15-27-12-11-24(19)26(30)31/h5,7-9,11-15,25H,6,10,16H2,1-4H3,(H,30,31)/t25-/m1/s1. The van der Waals surface area contributed by atoms with E-state index >= 15 is 0 Å². The van der Waals surface area contributed by atoms with Gasteiger partial charge in [-0.25, -0.2) is 4.79 Å². The van der Waals surface area contributed by atoms with Crippen LogP contribution in [0, 0.1) is 6.92 Å². The van der Waals surface area contributed by atoms with Crippen LogP contribution in [0.5, 0.6) is 0 Å². The largest absolute Gasteiger partial charge is 0.478 e. The number of carboxylic acids is 1. The van der Waals surface area contributed by atoms with Crippen LogP contribution in [0.15, 0.2) is 54.9 Å². The molecule has 31 heavy (non-hydrogen) atoms. The van der Waals surface area contributed by atoms with E-state index in [4.69, 9.17) is 0 Å². The lowest BCUT2D eigenvalue weighted by Crippen LogP contribution is -2.17. The van der Waals surface area contributed by atoms with Crippen LogP contribution in [0.2, 0.25) is 0 Å². The van der Waals surface area contributed by atoms with Crippen LogP contribution in [0.1, 0.15) is 45.1 Å². The Morgan fingerprint density at radius 2 is 2.00 bits per heavy atom. The monoisotopic (exact) mass is 415 g/mol. The summed E-state index contributed by atoms with van der Waals surface area (Å²) in [5.41, 5.74) is 8.83. The molecule has 1 N–H and O–H groups in total. The second-order valence-corrected chi connectivity index (χ2v) is 8.61. The third-order valence-electron chi connectivity index (χ3n) is 6.31. The van der Waals surface area contributed by atoms with E-state index in [9.17, 15) is 9.90 Å². The highest BCUT2D eigenvalue weighted by Crippen LogP contribution is 2.38. The Labute approximate surface area is 184 Å². The van der Waals surface area contributed by atoms with E-state index in [1.165, 1.54) is 33.5 Å². The average Bonchev–Trinajstić information content (AvgIpc) is 3.06. The molecular weight excluding hydrogens is 386 g/mol. The SMILES string of the molecule is Cc1cc(N(C)C)ccc1-c1ccc2c(c1)CN(C)[C@@H]2CCc1cnccc1C(=O)O. The number of hydrogen-bond donors (Lipinski definition) is 1. The zero-order valence-electron chi connectivity index (χ0n) is 18.6. The lowest BCUT2D eigenvalue weighted by molar-refractivity contribution is 0.0695. The zero-order chi connectivity index (χ0) is 22.1. The van der Waals surface area contributed by atoms with Crippen molar-refractivity contribution in [2.24, 2.45) is 0 Å². The zero-order valence-corrected chi connectivity index (χ0v) is 18.6. The van der Waals surface area contributed by atoms with Gasteiger partial charge < -0.3 is 10.0 Å². The lowest BCUT2D eigenvalue weighted by Gasteiger charge is -2.20. The number of anilines is 1. The summed E-state index contributed by atoms with van der Waals surface area (Å²) < 4.78 is 0. The van der Waals surface area contributed by atoms with Gasteiger partial charge >= 0.3 is 5.97 Å². The number of aryl methyl sites for hydroxylation is 2. The van der Waals surface area contributed by atoms with E-state index in [1.54, 1.807) is 18.5 Å². The van der Waals surface area contributed by atoms with Crippen molar-refractivity contribution >= 4 is 11.7 Å². The number of hydrogen-bond acceptors (Lipinski definition) is 4. The first-order chi connectivity index (χ1) is 14.8. The molecule has 0 unspecified atom stereocenters. The molecule has 0 fully saturated rings. The summed E-state index contributed by atoms with van der Waals surface area (Å²) >= 11 is 0. The fourth-order valence-electron chi connectivity index (χ4n) is 4.60. The first kappa shape index (κ1) is 21.1. The molecule has 5 nitrogen and oxygen atoms in total. The van der Waals surface area contributed by atoms with E-state index < -0.39 is 5.97 Å². The molecule has 1 aromatic heterocycles. The predicted octanol–water partition coefficient (Wildman–Crippen LogP) is 4.94. The molecule has 0 aliphatic carbocycles. The summed E-state index contributed by atoms with van der Waals surface area (Å²) in [5, 5.41) is 9.44. The van der Waals surface area contributed by atoms with Crippen molar-refractivity contribution in [2.45, 2.75) is 32.4 Å².